The number of ether oxygens (including phenoxy) is 1. The van der Waals surface area contributed by atoms with Gasteiger partial charge in [-0.05, 0) is 34.6 Å². The zero-order valence-electron chi connectivity index (χ0n) is 11.2. The highest BCUT2D eigenvalue weighted by atomic mass is 16.7. The van der Waals surface area contributed by atoms with Gasteiger partial charge >= 0.3 is 5.97 Å². The molecule has 96 valence electrons. The van der Waals surface area contributed by atoms with Gasteiger partial charge in [0, 0.05) is 5.54 Å². The Morgan fingerprint density at radius 1 is 1.35 bits per heavy atom. The fourth-order valence-electron chi connectivity index (χ4n) is 2.62. The SMILES string of the molecule is COC(=O)C1=CON2C1(C)NC(C)(C)C2(C)C. The Balaban J connectivity index is 2.42. The highest BCUT2D eigenvalue weighted by molar-refractivity contribution is 5.91. The standard InChI is InChI=1S/C12H20N2O3/c1-10(2)11(3,4)14-12(5,13-10)8(7-17-14)9(15)16-6/h7,13H,1-6H3. The van der Waals surface area contributed by atoms with Gasteiger partial charge in [0.25, 0.3) is 0 Å². The first-order valence-electron chi connectivity index (χ1n) is 5.72. The monoisotopic (exact) mass is 240 g/mol. The minimum absolute atomic E-state index is 0.185. The molecule has 1 N–H and O–H groups in total. The van der Waals surface area contributed by atoms with Gasteiger partial charge in [-0.15, -0.1) is 5.06 Å². The molecule has 0 saturated carbocycles. The van der Waals surface area contributed by atoms with Crippen molar-refractivity contribution in [3.05, 3.63) is 11.8 Å². The number of nitrogens with one attached hydrogen (secondary N) is 1. The molecule has 17 heavy (non-hydrogen) atoms. The van der Waals surface area contributed by atoms with Crippen LogP contribution in [0.25, 0.3) is 0 Å². The molecule has 5 heteroatoms. The quantitative estimate of drug-likeness (QED) is 0.697. The molecule has 0 aromatic heterocycles. The van der Waals surface area contributed by atoms with Crippen LogP contribution in [0.5, 0.6) is 0 Å². The molecule has 1 saturated heterocycles. The second-order valence-corrected chi connectivity index (χ2v) is 5.80. The number of rotatable bonds is 1. The van der Waals surface area contributed by atoms with E-state index >= 15 is 0 Å². The maximum absolute atomic E-state index is 11.7. The summed E-state index contributed by atoms with van der Waals surface area (Å²) in [4.78, 5) is 17.3. The van der Waals surface area contributed by atoms with Gasteiger partial charge in [-0.25, -0.2) is 4.79 Å². The van der Waals surface area contributed by atoms with Gasteiger partial charge in [0.2, 0.25) is 0 Å². The highest BCUT2D eigenvalue weighted by Gasteiger charge is 2.64. The average molecular weight is 240 g/mol. The van der Waals surface area contributed by atoms with Gasteiger partial charge in [-0.2, -0.15) is 0 Å². The number of carbonyl (C=O) groups is 1. The third kappa shape index (κ3) is 1.35. The lowest BCUT2D eigenvalue weighted by molar-refractivity contribution is -0.180. The van der Waals surface area contributed by atoms with Gasteiger partial charge in [0.1, 0.15) is 17.5 Å². The van der Waals surface area contributed by atoms with Crippen molar-refractivity contribution in [2.24, 2.45) is 0 Å². The lowest BCUT2D eigenvalue weighted by Gasteiger charge is -2.38. The van der Waals surface area contributed by atoms with E-state index in [2.05, 4.69) is 33.0 Å². The van der Waals surface area contributed by atoms with E-state index in [4.69, 9.17) is 9.57 Å². The van der Waals surface area contributed by atoms with E-state index in [1.807, 2.05) is 12.0 Å². The summed E-state index contributed by atoms with van der Waals surface area (Å²) in [6, 6.07) is 0. The maximum atomic E-state index is 11.7. The minimum Gasteiger partial charge on any atom is -0.465 e. The number of nitrogens with zero attached hydrogens (tertiary/aromatic N) is 1. The second kappa shape index (κ2) is 3.23. The van der Waals surface area contributed by atoms with Crippen molar-refractivity contribution in [1.82, 2.24) is 10.4 Å². The summed E-state index contributed by atoms with van der Waals surface area (Å²) in [5.41, 5.74) is -0.567. The zero-order chi connectivity index (χ0) is 13.1. The van der Waals surface area contributed by atoms with E-state index in [0.717, 1.165) is 0 Å². The maximum Gasteiger partial charge on any atom is 0.340 e. The molecular weight excluding hydrogens is 220 g/mol. The van der Waals surface area contributed by atoms with Crippen LogP contribution in [0.4, 0.5) is 0 Å². The Morgan fingerprint density at radius 2 is 1.94 bits per heavy atom. The number of fused-ring (bicyclic) bond motifs is 1. The minimum atomic E-state index is -0.639. The molecule has 2 heterocycles. The molecule has 1 fully saturated rings. The molecule has 1 atom stereocenters. The second-order valence-electron chi connectivity index (χ2n) is 5.80. The Morgan fingerprint density at radius 3 is 2.47 bits per heavy atom. The Hall–Kier alpha value is -1.07. The van der Waals surface area contributed by atoms with Crippen LogP contribution >= 0.6 is 0 Å². The predicted octanol–water partition coefficient (Wildman–Crippen LogP) is 1.17. The average Bonchev–Trinajstić information content (AvgIpc) is 2.58. The number of hydrogen-bond donors (Lipinski definition) is 1. The molecule has 1 unspecified atom stereocenters. The lowest BCUT2D eigenvalue weighted by atomic mass is 9.84. The van der Waals surface area contributed by atoms with E-state index in [1.54, 1.807) is 0 Å². The smallest absolute Gasteiger partial charge is 0.340 e. The van der Waals surface area contributed by atoms with Crippen LogP contribution < -0.4 is 5.32 Å². The molecule has 2 aliphatic heterocycles. The predicted molar refractivity (Wildman–Crippen MR) is 62.7 cm³/mol. The first-order chi connectivity index (χ1) is 7.67. The Labute approximate surface area is 102 Å². The first kappa shape index (κ1) is 12.4. The van der Waals surface area contributed by atoms with Crippen LogP contribution in [0.2, 0.25) is 0 Å². The molecule has 0 aliphatic carbocycles. The molecule has 0 bridgehead atoms. The summed E-state index contributed by atoms with van der Waals surface area (Å²) in [7, 11) is 1.38. The van der Waals surface area contributed by atoms with Gasteiger partial charge < -0.3 is 9.57 Å². The Bertz CT molecular complexity index is 401. The fraction of sp³-hybridized carbons (Fsp3) is 0.750. The number of hydrogen-bond acceptors (Lipinski definition) is 5. The van der Waals surface area contributed by atoms with E-state index in [1.165, 1.54) is 13.4 Å². The third-order valence-electron chi connectivity index (χ3n) is 4.21. The number of carbonyl (C=O) groups excluding carboxylic acids is 1. The molecule has 0 spiro atoms. The van der Waals surface area contributed by atoms with Crippen LogP contribution in [0.3, 0.4) is 0 Å². The van der Waals surface area contributed by atoms with Crippen molar-refractivity contribution >= 4 is 5.97 Å². The lowest BCUT2D eigenvalue weighted by Crippen LogP contribution is -2.52. The molecule has 5 nitrogen and oxygen atoms in total. The van der Waals surface area contributed by atoms with Gasteiger partial charge in [-0.3, -0.25) is 5.32 Å². The molecule has 0 aromatic rings. The Kier molecular flexibility index (Phi) is 2.36. The normalized spacial score (nSPS) is 33.9. The van der Waals surface area contributed by atoms with Crippen molar-refractivity contribution in [2.75, 3.05) is 7.11 Å². The number of esters is 1. The summed E-state index contributed by atoms with van der Waals surface area (Å²) in [5, 5.41) is 5.28. The summed E-state index contributed by atoms with van der Waals surface area (Å²) in [6.45, 7) is 10.3. The van der Waals surface area contributed by atoms with Crippen LogP contribution in [-0.4, -0.2) is 34.9 Å². The largest absolute Gasteiger partial charge is 0.465 e. The summed E-state index contributed by atoms with van der Waals surface area (Å²) in [6.07, 6.45) is 1.47. The zero-order valence-corrected chi connectivity index (χ0v) is 11.2. The van der Waals surface area contributed by atoms with Crippen LogP contribution in [0.1, 0.15) is 34.6 Å². The molecule has 0 aromatic carbocycles. The number of methoxy groups -OCH3 is 1. The molecule has 2 aliphatic rings. The fourth-order valence-corrected chi connectivity index (χ4v) is 2.62. The highest BCUT2D eigenvalue weighted by Crippen LogP contribution is 2.47. The third-order valence-corrected chi connectivity index (χ3v) is 4.21. The molecule has 0 radical (unpaired) electrons. The van der Waals surface area contributed by atoms with Crippen LogP contribution in [0.15, 0.2) is 11.8 Å². The van der Waals surface area contributed by atoms with Gasteiger partial charge in [0.05, 0.1) is 12.6 Å². The van der Waals surface area contributed by atoms with E-state index in [9.17, 15) is 4.79 Å². The van der Waals surface area contributed by atoms with Gasteiger partial charge in [0.15, 0.2) is 0 Å². The summed E-state index contributed by atoms with van der Waals surface area (Å²) >= 11 is 0. The summed E-state index contributed by atoms with van der Waals surface area (Å²) in [5.74, 6) is -0.365. The van der Waals surface area contributed by atoms with Gasteiger partial charge in [-0.1, -0.05) is 0 Å². The molecule has 2 rings (SSSR count). The topological polar surface area (TPSA) is 50.8 Å². The van der Waals surface area contributed by atoms with Crippen LogP contribution in [-0.2, 0) is 14.4 Å². The molecule has 0 amide bonds. The van der Waals surface area contributed by atoms with Crippen LogP contribution in [0, 0.1) is 0 Å². The van der Waals surface area contributed by atoms with E-state index < -0.39 is 5.66 Å². The van der Waals surface area contributed by atoms with Crippen molar-refractivity contribution in [3.8, 4) is 0 Å². The van der Waals surface area contributed by atoms with Crippen molar-refractivity contribution in [2.45, 2.75) is 51.4 Å². The summed E-state index contributed by atoms with van der Waals surface area (Å²) < 4.78 is 4.79. The van der Waals surface area contributed by atoms with Crippen molar-refractivity contribution < 1.29 is 14.4 Å². The van der Waals surface area contributed by atoms with E-state index in [-0.39, 0.29) is 17.0 Å². The van der Waals surface area contributed by atoms with Crippen molar-refractivity contribution in [1.29, 1.82) is 0 Å². The molecular formula is C12H20N2O3. The van der Waals surface area contributed by atoms with E-state index in [0.29, 0.717) is 5.57 Å². The number of hydroxylamine groups is 2. The van der Waals surface area contributed by atoms with Crippen molar-refractivity contribution in [3.63, 3.8) is 0 Å². The first-order valence-corrected chi connectivity index (χ1v) is 5.72.